The van der Waals surface area contributed by atoms with E-state index in [9.17, 15) is 19.4 Å². The molecule has 0 aliphatic heterocycles. The zero-order chi connectivity index (χ0) is 52.7. The molecule has 8 nitrogen and oxygen atoms in total. The molecule has 3 N–H and O–H groups in total. The van der Waals surface area contributed by atoms with Crippen LogP contribution in [0.15, 0.2) is 109 Å². The van der Waals surface area contributed by atoms with Crippen molar-refractivity contribution in [3.63, 3.8) is 0 Å². The van der Waals surface area contributed by atoms with Gasteiger partial charge in [-0.15, -0.1) is 0 Å². The lowest BCUT2D eigenvalue weighted by atomic mass is 10.0. The van der Waals surface area contributed by atoms with Crippen molar-refractivity contribution in [1.82, 2.24) is 5.32 Å². The Hall–Kier alpha value is -2.84. The van der Waals surface area contributed by atoms with Gasteiger partial charge < -0.3 is 19.8 Å². The van der Waals surface area contributed by atoms with E-state index in [2.05, 4.69) is 129 Å². The van der Waals surface area contributed by atoms with Crippen molar-refractivity contribution in [2.24, 2.45) is 0 Å². The summed E-state index contributed by atoms with van der Waals surface area (Å²) in [7, 11) is 1.57. The third kappa shape index (κ3) is 54.9. The Labute approximate surface area is 444 Å². The van der Waals surface area contributed by atoms with Crippen LogP contribution in [-0.4, -0.2) is 73.4 Å². The summed E-state index contributed by atoms with van der Waals surface area (Å²) in [5.74, 6) is -0.204. The molecule has 0 saturated carbocycles. The normalized spacial score (nSPS) is 14.7. The largest absolute Gasteiger partial charge is 0.472 e. The standard InChI is InChI=1S/C63H111N2O6P/c1-6-8-10-12-14-16-18-20-22-24-26-28-29-30-31-32-33-34-35-37-39-41-43-45-47-49-51-53-55-57-63(67)64-61(60-71-72(68,69)70-59-58-65(3,4)5)62(66)56-54-52-50-48-46-44-42-40-38-36-27-25-23-21-19-17-15-13-11-9-7-2/h8,10,14,16,20,22,26,28,30-31,33-34,37,39,43,45,49,51,61-62,66H,6-7,9,11-13,15,17-19,21,23-25,27,29,32,35-36,38,40-42,44,46-48,50,52-60H2,1-5H3,(H-,64,67,68,69)/p+1/b10-8-,16-14-,22-20-,28-26-,31-30-,34-33-,39-37-,45-43-,51-49-. The van der Waals surface area contributed by atoms with E-state index >= 15 is 0 Å². The molecule has 0 heterocycles. The van der Waals surface area contributed by atoms with Crippen LogP contribution in [0, 0.1) is 0 Å². The Kier molecular flexibility index (Phi) is 50.9. The molecule has 0 aliphatic carbocycles. The molecule has 0 aromatic rings. The number of rotatable bonds is 52. The van der Waals surface area contributed by atoms with E-state index in [0.717, 1.165) is 83.5 Å². The first-order valence-electron chi connectivity index (χ1n) is 29.3. The van der Waals surface area contributed by atoms with Crippen molar-refractivity contribution >= 4 is 13.7 Å². The number of unbranched alkanes of at least 4 members (excludes halogenated alkanes) is 21. The molecule has 0 saturated heterocycles. The lowest BCUT2D eigenvalue weighted by Crippen LogP contribution is -2.46. The van der Waals surface area contributed by atoms with E-state index in [1.165, 1.54) is 116 Å². The maximum Gasteiger partial charge on any atom is 0.472 e. The molecular formula is C63H112N2O6P+. The summed E-state index contributed by atoms with van der Waals surface area (Å²) in [6, 6.07) is -0.801. The number of allylic oxidation sites excluding steroid dienone is 18. The number of phosphoric ester groups is 1. The number of amides is 1. The zero-order valence-electron chi connectivity index (χ0n) is 47.1. The van der Waals surface area contributed by atoms with Gasteiger partial charge in [0.15, 0.2) is 0 Å². The van der Waals surface area contributed by atoms with E-state index in [4.69, 9.17) is 9.05 Å². The van der Waals surface area contributed by atoms with Crippen molar-refractivity contribution < 1.29 is 32.9 Å². The van der Waals surface area contributed by atoms with Crippen LogP contribution in [0.3, 0.4) is 0 Å². The quantitative estimate of drug-likeness (QED) is 0.0243. The second kappa shape index (κ2) is 53.0. The lowest BCUT2D eigenvalue weighted by molar-refractivity contribution is -0.870. The highest BCUT2D eigenvalue weighted by Crippen LogP contribution is 2.43. The fourth-order valence-corrected chi connectivity index (χ4v) is 8.73. The Morgan fingerprint density at radius 2 is 0.819 bits per heavy atom. The minimum atomic E-state index is -4.35. The topological polar surface area (TPSA) is 105 Å². The van der Waals surface area contributed by atoms with Crippen LogP contribution in [0.1, 0.15) is 232 Å². The monoisotopic (exact) mass is 1020 g/mol. The second-order valence-electron chi connectivity index (χ2n) is 20.6. The molecule has 414 valence electrons. The third-order valence-electron chi connectivity index (χ3n) is 12.5. The third-order valence-corrected chi connectivity index (χ3v) is 13.5. The van der Waals surface area contributed by atoms with Crippen LogP contribution >= 0.6 is 7.82 Å². The van der Waals surface area contributed by atoms with Crippen molar-refractivity contribution in [3.05, 3.63) is 109 Å². The summed E-state index contributed by atoms with van der Waals surface area (Å²) in [4.78, 5) is 23.3. The molecule has 9 heteroatoms. The number of aliphatic hydroxyl groups is 1. The number of carbonyl (C=O) groups excluding carboxylic acids is 1. The van der Waals surface area contributed by atoms with Gasteiger partial charge >= 0.3 is 7.82 Å². The number of quaternary nitrogens is 1. The van der Waals surface area contributed by atoms with Gasteiger partial charge in [-0.2, -0.15) is 0 Å². The smallest absolute Gasteiger partial charge is 0.391 e. The number of nitrogens with zero attached hydrogens (tertiary/aromatic N) is 1. The van der Waals surface area contributed by atoms with Crippen LogP contribution in [0.2, 0.25) is 0 Å². The fraction of sp³-hybridized carbons (Fsp3) is 0.698. The number of phosphoric acid groups is 1. The Morgan fingerprint density at radius 1 is 0.486 bits per heavy atom. The molecular weight excluding hydrogens is 912 g/mol. The summed E-state index contributed by atoms with van der Waals surface area (Å²) in [5.41, 5.74) is 0. The number of likely N-dealkylation sites (N-methyl/N-ethyl adjacent to an activating group) is 1. The summed E-state index contributed by atoms with van der Waals surface area (Å²) >= 11 is 0. The summed E-state index contributed by atoms with van der Waals surface area (Å²) in [6.07, 6.45) is 77.2. The number of hydrogen-bond acceptors (Lipinski definition) is 5. The van der Waals surface area contributed by atoms with E-state index in [1.807, 2.05) is 21.1 Å². The van der Waals surface area contributed by atoms with Crippen LogP contribution in [0.25, 0.3) is 0 Å². The van der Waals surface area contributed by atoms with Gasteiger partial charge in [-0.05, 0) is 77.0 Å². The van der Waals surface area contributed by atoms with Gasteiger partial charge in [0.25, 0.3) is 0 Å². The predicted octanol–water partition coefficient (Wildman–Crippen LogP) is 18.0. The first kappa shape index (κ1) is 69.2. The molecule has 1 amide bonds. The number of carbonyl (C=O) groups is 1. The minimum Gasteiger partial charge on any atom is -0.391 e. The van der Waals surface area contributed by atoms with Gasteiger partial charge in [-0.3, -0.25) is 13.8 Å². The second-order valence-corrected chi connectivity index (χ2v) is 22.1. The average Bonchev–Trinajstić information content (AvgIpc) is 3.34. The molecule has 0 aliphatic rings. The van der Waals surface area contributed by atoms with Gasteiger partial charge in [0, 0.05) is 6.42 Å². The molecule has 72 heavy (non-hydrogen) atoms. The highest BCUT2D eigenvalue weighted by molar-refractivity contribution is 7.47. The van der Waals surface area contributed by atoms with E-state index in [0.29, 0.717) is 30.3 Å². The van der Waals surface area contributed by atoms with Crippen molar-refractivity contribution in [3.8, 4) is 0 Å². The van der Waals surface area contributed by atoms with Crippen LogP contribution < -0.4 is 5.32 Å². The highest BCUT2D eigenvalue weighted by Gasteiger charge is 2.28. The summed E-state index contributed by atoms with van der Waals surface area (Å²) < 4.78 is 23.8. The highest BCUT2D eigenvalue weighted by atomic mass is 31.2. The molecule has 0 radical (unpaired) electrons. The Bertz CT molecular complexity index is 1540. The molecule has 0 aromatic heterocycles. The predicted molar refractivity (Wildman–Crippen MR) is 313 cm³/mol. The number of nitrogens with one attached hydrogen (secondary N) is 1. The van der Waals surface area contributed by atoms with E-state index in [1.54, 1.807) is 0 Å². The van der Waals surface area contributed by atoms with Gasteiger partial charge in [-0.1, -0.05) is 258 Å². The fourth-order valence-electron chi connectivity index (χ4n) is 7.99. The van der Waals surface area contributed by atoms with Crippen molar-refractivity contribution in [2.75, 3.05) is 40.9 Å². The summed E-state index contributed by atoms with van der Waals surface area (Å²) in [6.45, 7) is 4.74. The van der Waals surface area contributed by atoms with Crippen molar-refractivity contribution in [2.45, 2.75) is 244 Å². The molecule has 3 atom stereocenters. The maximum absolute atomic E-state index is 13.0. The lowest BCUT2D eigenvalue weighted by Gasteiger charge is -2.26. The van der Waals surface area contributed by atoms with Gasteiger partial charge in [-0.25, -0.2) is 4.57 Å². The number of hydrogen-bond donors (Lipinski definition) is 3. The van der Waals surface area contributed by atoms with Gasteiger partial charge in [0.2, 0.25) is 5.91 Å². The van der Waals surface area contributed by atoms with Crippen LogP contribution in [0.5, 0.6) is 0 Å². The molecule has 3 unspecified atom stereocenters. The first-order valence-corrected chi connectivity index (χ1v) is 30.7. The minimum absolute atomic E-state index is 0.0579. The van der Waals surface area contributed by atoms with E-state index < -0.39 is 20.0 Å². The Morgan fingerprint density at radius 3 is 1.17 bits per heavy atom. The molecule has 0 rings (SSSR count). The first-order chi connectivity index (χ1) is 35.0. The molecule has 0 spiro atoms. The number of aliphatic hydroxyl groups excluding tert-OH is 1. The van der Waals surface area contributed by atoms with Crippen LogP contribution in [-0.2, 0) is 18.4 Å². The molecule has 0 aromatic carbocycles. The zero-order valence-corrected chi connectivity index (χ0v) is 48.0. The maximum atomic E-state index is 13.0. The molecule has 0 fully saturated rings. The van der Waals surface area contributed by atoms with Crippen molar-refractivity contribution in [1.29, 1.82) is 0 Å². The SMILES string of the molecule is CC/C=C\C/C=C\C/C=C\C/C=C\C/C=C\C/C=C\C/C=C\C/C=C\C/C=C\CCCC(=O)NC(COP(=O)(O)OCC[N+](C)(C)C)C(O)CCCCCCCCCCCCCCCCCCCCCCC. The van der Waals surface area contributed by atoms with Gasteiger partial charge in [0.1, 0.15) is 13.2 Å². The molecule has 0 bridgehead atoms. The van der Waals surface area contributed by atoms with E-state index in [-0.39, 0.29) is 19.1 Å². The summed E-state index contributed by atoms with van der Waals surface area (Å²) in [5, 5.41) is 14.0. The average molecular weight is 1020 g/mol. The van der Waals surface area contributed by atoms with Gasteiger partial charge in [0.05, 0.1) is 39.9 Å². The Balaban J connectivity index is 4.33. The van der Waals surface area contributed by atoms with Crippen LogP contribution in [0.4, 0.5) is 0 Å².